The second-order valence-electron chi connectivity index (χ2n) is 6.71. The molecule has 4 amide bonds. The fourth-order valence-electron chi connectivity index (χ4n) is 3.38. The maximum Gasteiger partial charge on any atom is 0.352 e. The number of nitrogens with two attached hydrogens (primary N) is 2. The van der Waals surface area contributed by atoms with Crippen LogP contribution in [0.25, 0.3) is 0 Å². The van der Waals surface area contributed by atoms with E-state index in [4.69, 9.17) is 16.2 Å². The van der Waals surface area contributed by atoms with Gasteiger partial charge in [0.15, 0.2) is 5.66 Å². The number of amides is 4. The summed E-state index contributed by atoms with van der Waals surface area (Å²) in [7, 11) is 1.43. The number of thioether (sulfide) groups is 1. The molecule has 3 rings (SSSR count). The Labute approximate surface area is 175 Å². The lowest BCUT2D eigenvalue weighted by Gasteiger charge is -2.50. The van der Waals surface area contributed by atoms with Crippen LogP contribution in [0.15, 0.2) is 41.6 Å². The molecule has 0 spiro atoms. The Kier molecular flexibility index (Phi) is 6.01. The van der Waals surface area contributed by atoms with Gasteiger partial charge in [0, 0.05) is 18.4 Å². The number of primary amides is 1. The van der Waals surface area contributed by atoms with Crippen molar-refractivity contribution in [2.45, 2.75) is 17.1 Å². The molecule has 0 aromatic heterocycles. The number of nitrogens with one attached hydrogen (secondary N) is 2. The molecular formula is C18H21N5O6S. The molecule has 0 bridgehead atoms. The van der Waals surface area contributed by atoms with E-state index in [0.717, 1.165) is 4.90 Å². The van der Waals surface area contributed by atoms with Gasteiger partial charge in [-0.05, 0) is 5.57 Å². The van der Waals surface area contributed by atoms with Crippen LogP contribution in [0.2, 0.25) is 0 Å². The fraction of sp³-hybridized carbons (Fsp3) is 0.333. The van der Waals surface area contributed by atoms with Gasteiger partial charge >= 0.3 is 12.0 Å². The number of aliphatic carboxylic acids is 1. The lowest BCUT2D eigenvalue weighted by molar-refractivity contribution is -0.151. The Bertz CT molecular complexity index is 923. The highest BCUT2D eigenvalue weighted by Gasteiger charge is 2.55. The number of carboxylic acids is 1. The monoisotopic (exact) mass is 435 g/mol. The molecule has 11 nitrogen and oxygen atoms in total. The maximum atomic E-state index is 13.0. The lowest BCUT2D eigenvalue weighted by Crippen LogP contribution is -2.74. The first kappa shape index (κ1) is 21.6. The molecule has 1 aromatic carbocycles. The van der Waals surface area contributed by atoms with E-state index in [0.29, 0.717) is 11.3 Å². The Morgan fingerprint density at radius 2 is 2.00 bits per heavy atom. The van der Waals surface area contributed by atoms with Gasteiger partial charge in [0.1, 0.15) is 17.1 Å². The molecule has 2 unspecified atom stereocenters. The maximum absolute atomic E-state index is 13.0. The number of nitrogens with zero attached hydrogens (tertiary/aromatic N) is 1. The van der Waals surface area contributed by atoms with Gasteiger partial charge in [-0.1, -0.05) is 30.3 Å². The molecule has 12 heteroatoms. The van der Waals surface area contributed by atoms with Crippen molar-refractivity contribution < 1.29 is 29.0 Å². The average Bonchev–Trinajstić information content (AvgIpc) is 2.71. The van der Waals surface area contributed by atoms with Crippen LogP contribution in [-0.2, 0) is 24.8 Å². The number of rotatable bonds is 7. The smallest absolute Gasteiger partial charge is 0.352 e. The predicted octanol–water partition coefficient (Wildman–Crippen LogP) is -1.15. The molecule has 160 valence electrons. The number of benzene rings is 1. The summed E-state index contributed by atoms with van der Waals surface area (Å²) in [5.74, 6) is -2.38. The van der Waals surface area contributed by atoms with Gasteiger partial charge in [0.2, 0.25) is 0 Å². The SMILES string of the molecule is COCC1=C(C(=O)O)N2C(=O)C(NC(=O)C(N)(NC(N)=O)c3ccccc3)[C@@H]2SC1. The highest BCUT2D eigenvalue weighted by molar-refractivity contribution is 8.00. The molecule has 1 saturated heterocycles. The molecule has 7 N–H and O–H groups in total. The molecule has 2 heterocycles. The van der Waals surface area contributed by atoms with Crippen LogP contribution >= 0.6 is 11.8 Å². The minimum Gasteiger partial charge on any atom is -0.477 e. The zero-order valence-electron chi connectivity index (χ0n) is 16.0. The fourth-order valence-corrected chi connectivity index (χ4v) is 4.71. The van der Waals surface area contributed by atoms with Crippen molar-refractivity contribution >= 4 is 35.6 Å². The Morgan fingerprint density at radius 1 is 1.33 bits per heavy atom. The van der Waals surface area contributed by atoms with Gasteiger partial charge in [-0.2, -0.15) is 0 Å². The number of fused-ring (bicyclic) bond motifs is 1. The quantitative estimate of drug-likeness (QED) is 0.263. The Balaban J connectivity index is 1.83. The lowest BCUT2D eigenvalue weighted by atomic mass is 9.97. The van der Waals surface area contributed by atoms with Crippen LogP contribution in [0.1, 0.15) is 5.56 Å². The highest BCUT2D eigenvalue weighted by atomic mass is 32.2. The van der Waals surface area contributed by atoms with E-state index in [1.807, 2.05) is 0 Å². The number of ether oxygens (including phenoxy) is 1. The van der Waals surface area contributed by atoms with Gasteiger partial charge in [-0.15, -0.1) is 11.8 Å². The van der Waals surface area contributed by atoms with E-state index in [1.54, 1.807) is 18.2 Å². The minimum atomic E-state index is -2.01. The van der Waals surface area contributed by atoms with Gasteiger partial charge in [0.05, 0.1) is 6.61 Å². The molecule has 3 atom stereocenters. The van der Waals surface area contributed by atoms with Crippen LogP contribution in [-0.4, -0.2) is 64.7 Å². The second-order valence-corrected chi connectivity index (χ2v) is 7.82. The molecule has 2 aliphatic heterocycles. The number of urea groups is 1. The highest BCUT2D eigenvalue weighted by Crippen LogP contribution is 2.40. The minimum absolute atomic E-state index is 0.0740. The summed E-state index contributed by atoms with van der Waals surface area (Å²) in [6, 6.07) is 5.98. The summed E-state index contributed by atoms with van der Waals surface area (Å²) in [6.07, 6.45) is 0. The van der Waals surface area contributed by atoms with Crippen molar-refractivity contribution in [2.75, 3.05) is 19.5 Å². The first-order valence-corrected chi connectivity index (χ1v) is 9.87. The summed E-state index contributed by atoms with van der Waals surface area (Å²) >= 11 is 1.29. The van der Waals surface area contributed by atoms with Crippen LogP contribution in [0, 0.1) is 0 Å². The summed E-state index contributed by atoms with van der Waals surface area (Å²) in [5, 5.41) is 13.7. The first-order valence-electron chi connectivity index (χ1n) is 8.82. The van der Waals surface area contributed by atoms with Crippen LogP contribution in [0.5, 0.6) is 0 Å². The van der Waals surface area contributed by atoms with E-state index in [-0.39, 0.29) is 17.9 Å². The first-order chi connectivity index (χ1) is 14.2. The Morgan fingerprint density at radius 3 is 2.57 bits per heavy atom. The van der Waals surface area contributed by atoms with Crippen molar-refractivity contribution in [3.63, 3.8) is 0 Å². The summed E-state index contributed by atoms with van der Waals surface area (Å²) in [6.45, 7) is 0.0740. The molecule has 1 fully saturated rings. The van der Waals surface area contributed by atoms with Crippen LogP contribution in [0.3, 0.4) is 0 Å². The van der Waals surface area contributed by atoms with E-state index >= 15 is 0 Å². The van der Waals surface area contributed by atoms with Gasteiger partial charge in [0.25, 0.3) is 11.8 Å². The number of carbonyl (C=O) groups is 4. The van der Waals surface area contributed by atoms with E-state index in [9.17, 15) is 24.3 Å². The summed E-state index contributed by atoms with van der Waals surface area (Å²) in [4.78, 5) is 49.9. The van der Waals surface area contributed by atoms with Crippen LogP contribution in [0.4, 0.5) is 4.79 Å². The largest absolute Gasteiger partial charge is 0.477 e. The van der Waals surface area contributed by atoms with Gasteiger partial charge < -0.3 is 26.2 Å². The Hall–Kier alpha value is -3.09. The zero-order chi connectivity index (χ0) is 22.1. The third kappa shape index (κ3) is 3.72. The number of β-lactam (4-membered cyclic amide) rings is 1. The second kappa shape index (κ2) is 8.34. The third-order valence-electron chi connectivity index (χ3n) is 4.76. The zero-order valence-corrected chi connectivity index (χ0v) is 16.8. The number of carbonyl (C=O) groups excluding carboxylic acids is 3. The summed E-state index contributed by atoms with van der Waals surface area (Å²) < 4.78 is 5.02. The number of hydrogen-bond acceptors (Lipinski definition) is 7. The summed E-state index contributed by atoms with van der Waals surface area (Å²) in [5.41, 5.74) is 9.92. The van der Waals surface area contributed by atoms with Crippen molar-refractivity contribution in [1.29, 1.82) is 0 Å². The third-order valence-corrected chi connectivity index (χ3v) is 6.10. The molecule has 0 saturated carbocycles. The molecule has 30 heavy (non-hydrogen) atoms. The van der Waals surface area contributed by atoms with Crippen molar-refractivity contribution in [3.8, 4) is 0 Å². The van der Waals surface area contributed by atoms with Crippen molar-refractivity contribution in [2.24, 2.45) is 11.5 Å². The normalized spacial score (nSPS) is 22.5. The molecule has 2 aliphatic rings. The van der Waals surface area contributed by atoms with Gasteiger partial charge in [-0.25, -0.2) is 9.59 Å². The van der Waals surface area contributed by atoms with E-state index in [2.05, 4.69) is 10.6 Å². The standard InChI is InChI=1S/C18H21N5O6S/c1-29-7-9-8-30-14-11(13(24)23(14)12(9)15(25)26)21-16(27)18(20,22-17(19)28)10-5-3-2-4-6-10/h2-6,11,14H,7-8,20H2,1H3,(H,21,27)(H,25,26)(H3,19,22,28)/t11?,14-,18?/m0/s1. The van der Waals surface area contributed by atoms with Gasteiger partial charge in [-0.3, -0.25) is 20.2 Å². The molecule has 0 radical (unpaired) electrons. The predicted molar refractivity (Wildman–Crippen MR) is 107 cm³/mol. The van der Waals surface area contributed by atoms with E-state index < -0.39 is 40.9 Å². The molecule has 1 aromatic rings. The van der Waals surface area contributed by atoms with Crippen molar-refractivity contribution in [3.05, 3.63) is 47.2 Å². The van der Waals surface area contributed by atoms with E-state index in [1.165, 1.54) is 31.0 Å². The van der Waals surface area contributed by atoms with Crippen molar-refractivity contribution in [1.82, 2.24) is 15.5 Å². The average molecular weight is 435 g/mol. The molecular weight excluding hydrogens is 414 g/mol. The number of hydrogen-bond donors (Lipinski definition) is 5. The number of carboxylic acid groups (broad SMARTS) is 1. The van der Waals surface area contributed by atoms with Crippen LogP contribution < -0.4 is 22.1 Å². The molecule has 0 aliphatic carbocycles. The number of methoxy groups -OCH3 is 1. The topological polar surface area (TPSA) is 177 Å².